The van der Waals surface area contributed by atoms with Gasteiger partial charge in [-0.05, 0) is 56.5 Å². The van der Waals surface area contributed by atoms with Crippen LogP contribution >= 0.6 is 0 Å². The zero-order valence-electron chi connectivity index (χ0n) is 10.8. The van der Waals surface area contributed by atoms with Gasteiger partial charge in [0.15, 0.2) is 0 Å². The van der Waals surface area contributed by atoms with Gasteiger partial charge in [-0.2, -0.15) is 0 Å². The van der Waals surface area contributed by atoms with Crippen LogP contribution < -0.4 is 16.4 Å². The quantitative estimate of drug-likeness (QED) is 0.642. The van der Waals surface area contributed by atoms with E-state index in [1.165, 1.54) is 12.8 Å². The average molecular weight is 247 g/mol. The molecule has 0 saturated heterocycles. The summed E-state index contributed by atoms with van der Waals surface area (Å²) in [7, 11) is 0. The summed E-state index contributed by atoms with van der Waals surface area (Å²) in [6.45, 7) is 3.99. The fraction of sp³-hybridized carbons (Fsp3) is 0.500. The summed E-state index contributed by atoms with van der Waals surface area (Å²) >= 11 is 0. The number of carbonyl (C=O) groups excluding carboxylic acids is 1. The number of carbonyl (C=O) groups is 1. The van der Waals surface area contributed by atoms with Gasteiger partial charge in [-0.1, -0.05) is 0 Å². The molecule has 0 atom stereocenters. The van der Waals surface area contributed by atoms with Gasteiger partial charge in [0.05, 0.1) is 0 Å². The molecule has 1 aromatic rings. The van der Waals surface area contributed by atoms with Crippen LogP contribution in [0.3, 0.4) is 0 Å². The van der Waals surface area contributed by atoms with Crippen molar-refractivity contribution in [2.75, 3.05) is 18.4 Å². The Labute approximate surface area is 108 Å². The highest BCUT2D eigenvalue weighted by Crippen LogP contribution is 2.18. The molecule has 0 aliphatic heterocycles. The van der Waals surface area contributed by atoms with Crippen LogP contribution in [-0.4, -0.2) is 25.0 Å². The lowest BCUT2D eigenvalue weighted by atomic mass is 10.1. The molecule has 0 bridgehead atoms. The summed E-state index contributed by atoms with van der Waals surface area (Å²) in [6.07, 6.45) is 3.77. The number of anilines is 1. The third-order valence-electron chi connectivity index (χ3n) is 3.19. The first kappa shape index (κ1) is 12.9. The van der Waals surface area contributed by atoms with Crippen molar-refractivity contribution in [1.82, 2.24) is 5.32 Å². The Balaban J connectivity index is 1.75. The highest BCUT2D eigenvalue weighted by Gasteiger charge is 2.19. The number of benzene rings is 1. The molecule has 1 amide bonds. The van der Waals surface area contributed by atoms with Crippen molar-refractivity contribution in [2.24, 2.45) is 5.73 Å². The van der Waals surface area contributed by atoms with Crippen LogP contribution in [0.2, 0.25) is 0 Å². The molecule has 1 aromatic carbocycles. The van der Waals surface area contributed by atoms with Crippen molar-refractivity contribution >= 4 is 11.6 Å². The lowest BCUT2D eigenvalue weighted by molar-refractivity contribution is 0.1000. The maximum atomic E-state index is 11.0. The van der Waals surface area contributed by atoms with Crippen molar-refractivity contribution in [3.63, 3.8) is 0 Å². The van der Waals surface area contributed by atoms with E-state index < -0.39 is 0 Å². The van der Waals surface area contributed by atoms with E-state index in [1.54, 1.807) is 6.07 Å². The zero-order valence-corrected chi connectivity index (χ0v) is 10.8. The van der Waals surface area contributed by atoms with Gasteiger partial charge in [0.25, 0.3) is 0 Å². The molecule has 18 heavy (non-hydrogen) atoms. The van der Waals surface area contributed by atoms with Gasteiger partial charge >= 0.3 is 0 Å². The van der Waals surface area contributed by atoms with Crippen LogP contribution in [0, 0.1) is 6.92 Å². The summed E-state index contributed by atoms with van der Waals surface area (Å²) < 4.78 is 0. The lowest BCUT2D eigenvalue weighted by Crippen LogP contribution is -2.20. The number of aryl methyl sites for hydroxylation is 1. The van der Waals surface area contributed by atoms with Crippen molar-refractivity contribution in [3.05, 3.63) is 29.3 Å². The molecule has 0 aromatic heterocycles. The molecule has 4 nitrogen and oxygen atoms in total. The highest BCUT2D eigenvalue weighted by molar-refractivity contribution is 5.93. The largest absolute Gasteiger partial charge is 0.385 e. The fourth-order valence-corrected chi connectivity index (χ4v) is 1.92. The molecule has 1 saturated carbocycles. The second-order valence-corrected chi connectivity index (χ2v) is 4.90. The van der Waals surface area contributed by atoms with Gasteiger partial charge in [-0.25, -0.2) is 0 Å². The third kappa shape index (κ3) is 3.74. The van der Waals surface area contributed by atoms with Gasteiger partial charge in [-0.3, -0.25) is 4.79 Å². The maximum Gasteiger partial charge on any atom is 0.248 e. The molecule has 98 valence electrons. The van der Waals surface area contributed by atoms with Gasteiger partial charge in [-0.15, -0.1) is 0 Å². The number of nitrogens with two attached hydrogens (primary N) is 1. The number of rotatable bonds is 7. The van der Waals surface area contributed by atoms with Crippen LogP contribution in [0.4, 0.5) is 5.69 Å². The van der Waals surface area contributed by atoms with E-state index in [2.05, 4.69) is 10.6 Å². The highest BCUT2D eigenvalue weighted by atomic mass is 16.1. The van der Waals surface area contributed by atoms with E-state index in [0.29, 0.717) is 5.56 Å². The minimum Gasteiger partial charge on any atom is -0.385 e. The Hall–Kier alpha value is -1.55. The SMILES string of the molecule is Cc1cc(C(N)=O)ccc1NCCCNC1CC1. The monoisotopic (exact) mass is 247 g/mol. The van der Waals surface area contributed by atoms with Crippen LogP contribution in [0.15, 0.2) is 18.2 Å². The maximum absolute atomic E-state index is 11.0. The van der Waals surface area contributed by atoms with Crippen LogP contribution in [0.25, 0.3) is 0 Å². The number of nitrogens with one attached hydrogen (secondary N) is 2. The summed E-state index contributed by atoms with van der Waals surface area (Å²) in [5.41, 5.74) is 7.93. The van der Waals surface area contributed by atoms with Gasteiger partial charge in [0.2, 0.25) is 5.91 Å². The Morgan fingerprint density at radius 3 is 2.78 bits per heavy atom. The fourth-order valence-electron chi connectivity index (χ4n) is 1.92. The number of hydrogen-bond donors (Lipinski definition) is 3. The molecule has 0 radical (unpaired) electrons. The van der Waals surface area contributed by atoms with Gasteiger partial charge < -0.3 is 16.4 Å². The van der Waals surface area contributed by atoms with Crippen molar-refractivity contribution < 1.29 is 4.79 Å². The predicted molar refractivity (Wildman–Crippen MR) is 73.8 cm³/mol. The topological polar surface area (TPSA) is 67.2 Å². The summed E-state index contributed by atoms with van der Waals surface area (Å²) in [4.78, 5) is 11.0. The molecule has 0 spiro atoms. The van der Waals surface area contributed by atoms with Crippen molar-refractivity contribution in [1.29, 1.82) is 0 Å². The molecule has 1 aliphatic rings. The number of hydrogen-bond acceptors (Lipinski definition) is 3. The van der Waals surface area contributed by atoms with E-state index in [4.69, 9.17) is 5.73 Å². The first-order valence-corrected chi connectivity index (χ1v) is 6.54. The summed E-state index contributed by atoms with van der Waals surface area (Å²) in [5.74, 6) is -0.377. The first-order chi connectivity index (χ1) is 8.66. The smallest absolute Gasteiger partial charge is 0.248 e. The third-order valence-corrected chi connectivity index (χ3v) is 3.19. The molecular weight excluding hydrogens is 226 g/mol. The zero-order chi connectivity index (χ0) is 13.0. The summed E-state index contributed by atoms with van der Waals surface area (Å²) in [6, 6.07) is 6.29. The molecule has 4 N–H and O–H groups in total. The minimum atomic E-state index is -0.377. The van der Waals surface area contributed by atoms with Gasteiger partial charge in [0.1, 0.15) is 0 Å². The van der Waals surface area contributed by atoms with Crippen LogP contribution in [0.1, 0.15) is 35.2 Å². The van der Waals surface area contributed by atoms with Crippen LogP contribution in [-0.2, 0) is 0 Å². The number of amides is 1. The van der Waals surface area contributed by atoms with E-state index in [1.807, 2.05) is 19.1 Å². The Bertz CT molecular complexity index is 427. The second kappa shape index (κ2) is 5.87. The molecule has 0 unspecified atom stereocenters. The number of primary amides is 1. The second-order valence-electron chi connectivity index (χ2n) is 4.90. The van der Waals surface area contributed by atoms with E-state index in [-0.39, 0.29) is 5.91 Å². The Morgan fingerprint density at radius 2 is 2.17 bits per heavy atom. The van der Waals surface area contributed by atoms with Crippen molar-refractivity contribution in [3.8, 4) is 0 Å². The molecule has 0 heterocycles. The van der Waals surface area contributed by atoms with E-state index in [0.717, 1.165) is 36.8 Å². The Morgan fingerprint density at radius 1 is 1.39 bits per heavy atom. The van der Waals surface area contributed by atoms with Crippen LogP contribution in [0.5, 0.6) is 0 Å². The molecule has 1 fully saturated rings. The summed E-state index contributed by atoms with van der Waals surface area (Å²) in [5, 5.41) is 6.86. The Kier molecular flexibility index (Phi) is 4.20. The first-order valence-electron chi connectivity index (χ1n) is 6.54. The molecule has 4 heteroatoms. The van der Waals surface area contributed by atoms with Gasteiger partial charge in [0, 0.05) is 23.8 Å². The standard InChI is InChI=1S/C14H21N3O/c1-10-9-11(14(15)18)3-6-13(10)17-8-2-7-16-12-4-5-12/h3,6,9,12,16-17H,2,4-5,7-8H2,1H3,(H2,15,18). The predicted octanol–water partition coefficient (Wildman–Crippen LogP) is 1.65. The normalized spacial score (nSPS) is 14.5. The van der Waals surface area contributed by atoms with Crippen molar-refractivity contribution in [2.45, 2.75) is 32.2 Å². The average Bonchev–Trinajstić information content (AvgIpc) is 3.14. The van der Waals surface area contributed by atoms with E-state index >= 15 is 0 Å². The molecular formula is C14H21N3O. The molecule has 1 aliphatic carbocycles. The lowest BCUT2D eigenvalue weighted by Gasteiger charge is -2.10. The van der Waals surface area contributed by atoms with E-state index in [9.17, 15) is 4.79 Å². The molecule has 2 rings (SSSR count). The minimum absolute atomic E-state index is 0.377.